The maximum absolute atomic E-state index is 6.03. The van der Waals surface area contributed by atoms with E-state index in [4.69, 9.17) is 10.5 Å². The van der Waals surface area contributed by atoms with Crippen molar-refractivity contribution in [3.63, 3.8) is 0 Å². The predicted molar refractivity (Wildman–Crippen MR) is 83.4 cm³/mol. The van der Waals surface area contributed by atoms with Crippen molar-refractivity contribution in [3.05, 3.63) is 41.6 Å². The van der Waals surface area contributed by atoms with Crippen LogP contribution in [0.1, 0.15) is 24.5 Å². The monoisotopic (exact) mass is 284 g/mol. The normalized spacial score (nSPS) is 13.9. The smallest absolute Gasteiger partial charge is 0.228 e. The lowest BCUT2D eigenvalue weighted by atomic mass is 9.98. The van der Waals surface area contributed by atoms with Gasteiger partial charge in [-0.1, -0.05) is 19.1 Å². The first-order valence-corrected chi connectivity index (χ1v) is 7.35. The van der Waals surface area contributed by atoms with Crippen LogP contribution in [-0.4, -0.2) is 23.1 Å². The zero-order chi connectivity index (χ0) is 14.7. The SMILES string of the molecule is CCCOc1ccnc(N2CCc3c(N)cccc3C2)n1. The van der Waals surface area contributed by atoms with E-state index in [-0.39, 0.29) is 0 Å². The number of rotatable bonds is 4. The molecule has 0 radical (unpaired) electrons. The van der Waals surface area contributed by atoms with Gasteiger partial charge in [-0.2, -0.15) is 4.98 Å². The van der Waals surface area contributed by atoms with E-state index in [1.54, 1.807) is 12.3 Å². The van der Waals surface area contributed by atoms with Gasteiger partial charge in [0.2, 0.25) is 11.8 Å². The van der Waals surface area contributed by atoms with Gasteiger partial charge in [-0.05, 0) is 30.0 Å². The number of hydrogen-bond donors (Lipinski definition) is 1. The van der Waals surface area contributed by atoms with Gasteiger partial charge in [0.15, 0.2) is 0 Å². The second kappa shape index (κ2) is 5.99. The molecule has 0 spiro atoms. The Morgan fingerprint density at radius 2 is 2.24 bits per heavy atom. The van der Waals surface area contributed by atoms with E-state index < -0.39 is 0 Å². The Hall–Kier alpha value is -2.30. The molecule has 0 bridgehead atoms. The highest BCUT2D eigenvalue weighted by Crippen LogP contribution is 2.26. The summed E-state index contributed by atoms with van der Waals surface area (Å²) in [5, 5.41) is 0. The average molecular weight is 284 g/mol. The zero-order valence-corrected chi connectivity index (χ0v) is 12.2. The minimum absolute atomic E-state index is 0.639. The first kappa shape index (κ1) is 13.7. The van der Waals surface area contributed by atoms with Gasteiger partial charge in [0.05, 0.1) is 6.61 Å². The number of nitrogens with two attached hydrogens (primary N) is 1. The Morgan fingerprint density at radius 3 is 3.10 bits per heavy atom. The third-order valence-corrected chi connectivity index (χ3v) is 3.66. The Labute approximate surface area is 124 Å². The molecule has 2 heterocycles. The number of hydrogen-bond acceptors (Lipinski definition) is 5. The summed E-state index contributed by atoms with van der Waals surface area (Å²) >= 11 is 0. The highest BCUT2D eigenvalue weighted by Gasteiger charge is 2.20. The highest BCUT2D eigenvalue weighted by atomic mass is 16.5. The van der Waals surface area contributed by atoms with Crippen LogP contribution >= 0.6 is 0 Å². The summed E-state index contributed by atoms with van der Waals surface area (Å²) in [6.07, 6.45) is 3.64. The number of nitrogen functional groups attached to an aromatic ring is 1. The van der Waals surface area contributed by atoms with E-state index in [2.05, 4.69) is 27.9 Å². The van der Waals surface area contributed by atoms with Crippen LogP contribution in [0.3, 0.4) is 0 Å². The van der Waals surface area contributed by atoms with Gasteiger partial charge in [0.1, 0.15) is 0 Å². The van der Waals surface area contributed by atoms with Gasteiger partial charge in [-0.15, -0.1) is 0 Å². The summed E-state index contributed by atoms with van der Waals surface area (Å²) in [4.78, 5) is 11.0. The fraction of sp³-hybridized carbons (Fsp3) is 0.375. The Balaban J connectivity index is 1.79. The van der Waals surface area contributed by atoms with Gasteiger partial charge in [-0.3, -0.25) is 0 Å². The molecule has 1 aromatic heterocycles. The number of benzene rings is 1. The Kier molecular flexibility index (Phi) is 3.90. The van der Waals surface area contributed by atoms with Crippen molar-refractivity contribution in [1.82, 2.24) is 9.97 Å². The molecule has 1 aromatic carbocycles. The fourth-order valence-electron chi connectivity index (χ4n) is 2.58. The second-order valence-corrected chi connectivity index (χ2v) is 5.20. The molecule has 1 aliphatic heterocycles. The number of nitrogens with zero attached hydrogens (tertiary/aromatic N) is 3. The molecule has 0 atom stereocenters. The summed E-state index contributed by atoms with van der Waals surface area (Å²) in [5.41, 5.74) is 9.43. The lowest BCUT2D eigenvalue weighted by Gasteiger charge is -2.29. The number of fused-ring (bicyclic) bond motifs is 1. The molecular formula is C16H20N4O. The molecule has 0 fully saturated rings. The molecule has 2 N–H and O–H groups in total. The van der Waals surface area contributed by atoms with E-state index in [0.717, 1.165) is 37.6 Å². The summed E-state index contributed by atoms with van der Waals surface area (Å²) < 4.78 is 5.58. The molecule has 110 valence electrons. The van der Waals surface area contributed by atoms with Crippen LogP contribution in [0, 0.1) is 0 Å². The molecule has 0 saturated carbocycles. The van der Waals surface area contributed by atoms with Crippen molar-refractivity contribution in [2.45, 2.75) is 26.3 Å². The first-order valence-electron chi connectivity index (χ1n) is 7.35. The number of ether oxygens (including phenoxy) is 1. The molecule has 5 heteroatoms. The summed E-state index contributed by atoms with van der Waals surface area (Å²) in [6.45, 7) is 4.42. The van der Waals surface area contributed by atoms with Crippen LogP contribution in [-0.2, 0) is 13.0 Å². The van der Waals surface area contributed by atoms with Crippen LogP contribution < -0.4 is 15.4 Å². The fourth-order valence-corrected chi connectivity index (χ4v) is 2.58. The molecule has 0 unspecified atom stereocenters. The third-order valence-electron chi connectivity index (χ3n) is 3.66. The van der Waals surface area contributed by atoms with E-state index >= 15 is 0 Å². The number of anilines is 2. The molecule has 0 aliphatic carbocycles. The molecule has 5 nitrogen and oxygen atoms in total. The van der Waals surface area contributed by atoms with Gasteiger partial charge >= 0.3 is 0 Å². The van der Waals surface area contributed by atoms with Crippen molar-refractivity contribution in [3.8, 4) is 5.88 Å². The minimum atomic E-state index is 0.639. The topological polar surface area (TPSA) is 64.3 Å². The summed E-state index contributed by atoms with van der Waals surface area (Å²) in [5.74, 6) is 1.36. The van der Waals surface area contributed by atoms with E-state index in [1.807, 2.05) is 12.1 Å². The summed E-state index contributed by atoms with van der Waals surface area (Å²) in [7, 11) is 0. The maximum Gasteiger partial charge on any atom is 0.228 e. The first-order chi connectivity index (χ1) is 10.3. The van der Waals surface area contributed by atoms with E-state index in [9.17, 15) is 0 Å². The van der Waals surface area contributed by atoms with Crippen molar-refractivity contribution in [2.24, 2.45) is 0 Å². The van der Waals surface area contributed by atoms with E-state index in [1.165, 1.54) is 11.1 Å². The van der Waals surface area contributed by atoms with Crippen molar-refractivity contribution in [2.75, 3.05) is 23.8 Å². The number of aromatic nitrogens is 2. The van der Waals surface area contributed by atoms with Crippen LogP contribution in [0.15, 0.2) is 30.5 Å². The Morgan fingerprint density at radius 1 is 1.33 bits per heavy atom. The van der Waals surface area contributed by atoms with Gasteiger partial charge < -0.3 is 15.4 Å². The standard InChI is InChI=1S/C16H20N4O/c1-2-10-21-15-6-8-18-16(19-15)20-9-7-13-12(11-20)4-3-5-14(13)17/h3-6,8H,2,7,9-11,17H2,1H3. The van der Waals surface area contributed by atoms with Crippen molar-refractivity contribution < 1.29 is 4.74 Å². The average Bonchev–Trinajstić information content (AvgIpc) is 2.53. The lowest BCUT2D eigenvalue weighted by molar-refractivity contribution is 0.304. The third kappa shape index (κ3) is 2.91. The molecule has 1 aliphatic rings. The molecule has 21 heavy (non-hydrogen) atoms. The molecule has 2 aromatic rings. The maximum atomic E-state index is 6.03. The molecular weight excluding hydrogens is 264 g/mol. The zero-order valence-electron chi connectivity index (χ0n) is 12.2. The quantitative estimate of drug-likeness (QED) is 0.873. The van der Waals surface area contributed by atoms with Crippen LogP contribution in [0.25, 0.3) is 0 Å². The van der Waals surface area contributed by atoms with Gasteiger partial charge in [0, 0.05) is 31.0 Å². The lowest BCUT2D eigenvalue weighted by Crippen LogP contribution is -2.32. The van der Waals surface area contributed by atoms with Crippen LogP contribution in [0.4, 0.5) is 11.6 Å². The Bertz CT molecular complexity index is 629. The van der Waals surface area contributed by atoms with Crippen LogP contribution in [0.2, 0.25) is 0 Å². The van der Waals surface area contributed by atoms with E-state index in [0.29, 0.717) is 12.5 Å². The predicted octanol–water partition coefficient (Wildman–Crippen LogP) is 2.41. The van der Waals surface area contributed by atoms with Gasteiger partial charge in [-0.25, -0.2) is 4.98 Å². The molecule has 0 saturated heterocycles. The van der Waals surface area contributed by atoms with Crippen molar-refractivity contribution >= 4 is 11.6 Å². The minimum Gasteiger partial charge on any atom is -0.478 e. The van der Waals surface area contributed by atoms with Crippen molar-refractivity contribution in [1.29, 1.82) is 0 Å². The summed E-state index contributed by atoms with van der Waals surface area (Å²) in [6, 6.07) is 7.88. The molecule has 3 rings (SSSR count). The highest BCUT2D eigenvalue weighted by molar-refractivity contribution is 5.54. The van der Waals surface area contributed by atoms with Crippen LogP contribution in [0.5, 0.6) is 5.88 Å². The second-order valence-electron chi connectivity index (χ2n) is 5.20. The van der Waals surface area contributed by atoms with Gasteiger partial charge in [0.25, 0.3) is 0 Å². The largest absolute Gasteiger partial charge is 0.478 e. The molecule has 0 amide bonds.